The number of H-pyrrole nitrogens is 1. The highest BCUT2D eigenvalue weighted by Crippen LogP contribution is 2.28. The molecule has 0 aliphatic heterocycles. The maximum Gasteiger partial charge on any atom is 0.178 e. The molecule has 0 spiro atoms. The largest absolute Gasteiger partial charge is 0.497 e. The molecule has 1 aromatic carbocycles. The van der Waals surface area contributed by atoms with Gasteiger partial charge >= 0.3 is 0 Å². The summed E-state index contributed by atoms with van der Waals surface area (Å²) in [6, 6.07) is 5.70. The van der Waals surface area contributed by atoms with Crippen molar-refractivity contribution in [1.29, 1.82) is 0 Å². The van der Waals surface area contributed by atoms with Gasteiger partial charge in [0.1, 0.15) is 5.75 Å². The van der Waals surface area contributed by atoms with Gasteiger partial charge in [-0.3, -0.25) is 4.79 Å². The number of alkyl halides is 1. The molecule has 0 saturated heterocycles. The van der Waals surface area contributed by atoms with E-state index in [2.05, 4.69) is 20.9 Å². The van der Waals surface area contributed by atoms with Crippen LogP contribution in [0.3, 0.4) is 0 Å². The molecule has 3 nitrogen and oxygen atoms in total. The Kier molecular flexibility index (Phi) is 3.24. The molecule has 1 atom stereocenters. The highest BCUT2D eigenvalue weighted by Gasteiger charge is 2.19. The third kappa shape index (κ3) is 2.09. The van der Waals surface area contributed by atoms with E-state index in [1.54, 1.807) is 7.11 Å². The summed E-state index contributed by atoms with van der Waals surface area (Å²) < 4.78 is 5.19. The minimum Gasteiger partial charge on any atom is -0.497 e. The van der Waals surface area contributed by atoms with Crippen LogP contribution in [0, 0.1) is 6.92 Å². The fourth-order valence-corrected chi connectivity index (χ4v) is 2.18. The van der Waals surface area contributed by atoms with Crippen molar-refractivity contribution in [3.8, 4) is 5.75 Å². The molecule has 2 aromatic rings. The van der Waals surface area contributed by atoms with Crippen molar-refractivity contribution < 1.29 is 9.53 Å². The SMILES string of the molecule is COc1ccc2[nH]c(C)c(C(=O)[C@@H](C)Br)c2c1. The molecule has 0 aliphatic carbocycles. The van der Waals surface area contributed by atoms with Crippen molar-refractivity contribution in [2.75, 3.05) is 7.11 Å². The van der Waals surface area contributed by atoms with E-state index in [4.69, 9.17) is 4.74 Å². The number of aryl methyl sites for hydroxylation is 1. The number of benzene rings is 1. The average Bonchev–Trinajstić information content (AvgIpc) is 2.62. The second-order valence-electron chi connectivity index (χ2n) is 4.02. The summed E-state index contributed by atoms with van der Waals surface area (Å²) >= 11 is 3.32. The molecule has 0 aliphatic rings. The van der Waals surface area contributed by atoms with Crippen molar-refractivity contribution in [3.05, 3.63) is 29.5 Å². The lowest BCUT2D eigenvalue weighted by Crippen LogP contribution is -2.10. The van der Waals surface area contributed by atoms with E-state index >= 15 is 0 Å². The van der Waals surface area contributed by atoms with Crippen molar-refractivity contribution >= 4 is 32.6 Å². The molecule has 0 saturated carbocycles. The van der Waals surface area contributed by atoms with Crippen molar-refractivity contribution in [3.63, 3.8) is 0 Å². The number of hydrogen-bond acceptors (Lipinski definition) is 2. The Bertz CT molecular complexity index is 572. The Morgan fingerprint density at radius 3 is 2.76 bits per heavy atom. The van der Waals surface area contributed by atoms with Gasteiger partial charge in [-0.1, -0.05) is 15.9 Å². The first-order valence-electron chi connectivity index (χ1n) is 5.39. The van der Waals surface area contributed by atoms with Crippen LogP contribution in [-0.2, 0) is 0 Å². The molecule has 2 rings (SSSR count). The molecule has 1 aromatic heterocycles. The molecular formula is C13H14BrNO2. The lowest BCUT2D eigenvalue weighted by molar-refractivity contribution is 0.0997. The van der Waals surface area contributed by atoms with Crippen LogP contribution < -0.4 is 4.74 Å². The van der Waals surface area contributed by atoms with Gasteiger partial charge in [-0.05, 0) is 32.0 Å². The van der Waals surface area contributed by atoms with E-state index in [0.717, 1.165) is 27.9 Å². The first kappa shape index (κ1) is 12.2. The third-order valence-corrected chi connectivity index (χ3v) is 3.22. The van der Waals surface area contributed by atoms with Crippen molar-refractivity contribution in [2.45, 2.75) is 18.7 Å². The van der Waals surface area contributed by atoms with Crippen LogP contribution in [-0.4, -0.2) is 22.7 Å². The molecular weight excluding hydrogens is 282 g/mol. The van der Waals surface area contributed by atoms with Crippen LogP contribution in [0.1, 0.15) is 23.0 Å². The summed E-state index contributed by atoms with van der Waals surface area (Å²) in [5.41, 5.74) is 2.59. The van der Waals surface area contributed by atoms with Gasteiger partial charge in [-0.25, -0.2) is 0 Å². The molecule has 4 heteroatoms. The second-order valence-corrected chi connectivity index (χ2v) is 5.39. The number of carbonyl (C=O) groups excluding carboxylic acids is 1. The van der Waals surface area contributed by atoms with Gasteiger partial charge in [-0.2, -0.15) is 0 Å². The normalized spacial score (nSPS) is 12.7. The van der Waals surface area contributed by atoms with Gasteiger partial charge in [0.15, 0.2) is 5.78 Å². The van der Waals surface area contributed by atoms with Crippen LogP contribution in [0.4, 0.5) is 0 Å². The predicted octanol–water partition coefficient (Wildman–Crippen LogP) is 3.45. The Morgan fingerprint density at radius 1 is 1.47 bits per heavy atom. The lowest BCUT2D eigenvalue weighted by atomic mass is 10.0. The highest BCUT2D eigenvalue weighted by atomic mass is 79.9. The number of hydrogen-bond donors (Lipinski definition) is 1. The molecule has 17 heavy (non-hydrogen) atoms. The van der Waals surface area contributed by atoms with Crippen LogP contribution in [0.15, 0.2) is 18.2 Å². The van der Waals surface area contributed by atoms with Crippen molar-refractivity contribution in [2.24, 2.45) is 0 Å². The number of halogens is 1. The summed E-state index contributed by atoms with van der Waals surface area (Å²) in [6.45, 7) is 3.75. The number of aromatic nitrogens is 1. The molecule has 1 N–H and O–H groups in total. The van der Waals surface area contributed by atoms with E-state index in [-0.39, 0.29) is 10.6 Å². The minimum atomic E-state index is -0.189. The van der Waals surface area contributed by atoms with Gasteiger partial charge in [0.25, 0.3) is 0 Å². The number of nitrogens with one attached hydrogen (secondary N) is 1. The zero-order chi connectivity index (χ0) is 12.6. The molecule has 90 valence electrons. The number of Topliss-reactive ketones (excluding diaryl/α,β-unsaturated/α-hetero) is 1. The van der Waals surface area contributed by atoms with Gasteiger partial charge in [-0.15, -0.1) is 0 Å². The van der Waals surface area contributed by atoms with E-state index < -0.39 is 0 Å². The van der Waals surface area contributed by atoms with Crippen LogP contribution in [0.25, 0.3) is 10.9 Å². The van der Waals surface area contributed by atoms with Crippen LogP contribution >= 0.6 is 15.9 Å². The van der Waals surface area contributed by atoms with Gasteiger partial charge < -0.3 is 9.72 Å². The third-order valence-electron chi connectivity index (χ3n) is 2.80. The number of ether oxygens (including phenoxy) is 1. The van der Waals surface area contributed by atoms with Crippen molar-refractivity contribution in [1.82, 2.24) is 4.98 Å². The minimum absolute atomic E-state index is 0.0852. The number of methoxy groups -OCH3 is 1. The number of fused-ring (bicyclic) bond motifs is 1. The fourth-order valence-electron chi connectivity index (χ4n) is 1.95. The van der Waals surface area contributed by atoms with Crippen LogP contribution in [0.2, 0.25) is 0 Å². The van der Waals surface area contributed by atoms with Gasteiger partial charge in [0.05, 0.1) is 11.9 Å². The van der Waals surface area contributed by atoms with Crippen LogP contribution in [0.5, 0.6) is 5.75 Å². The van der Waals surface area contributed by atoms with E-state index in [0.29, 0.717) is 0 Å². The Hall–Kier alpha value is -1.29. The topological polar surface area (TPSA) is 42.1 Å². The number of aromatic amines is 1. The molecule has 0 amide bonds. The van der Waals surface area contributed by atoms with Gasteiger partial charge in [0, 0.05) is 22.2 Å². The van der Waals surface area contributed by atoms with E-state index in [1.165, 1.54) is 0 Å². The number of carbonyl (C=O) groups is 1. The number of rotatable bonds is 3. The summed E-state index contributed by atoms with van der Waals surface area (Å²) in [6.07, 6.45) is 0. The smallest absolute Gasteiger partial charge is 0.178 e. The zero-order valence-electron chi connectivity index (χ0n) is 10.0. The predicted molar refractivity (Wildman–Crippen MR) is 72.3 cm³/mol. The lowest BCUT2D eigenvalue weighted by Gasteiger charge is -2.04. The summed E-state index contributed by atoms with van der Waals surface area (Å²) in [7, 11) is 1.62. The zero-order valence-corrected chi connectivity index (χ0v) is 11.6. The van der Waals surface area contributed by atoms with E-state index in [9.17, 15) is 4.79 Å². The molecule has 0 unspecified atom stereocenters. The second kappa shape index (κ2) is 4.53. The molecule has 0 fully saturated rings. The number of ketones is 1. The maximum atomic E-state index is 12.1. The monoisotopic (exact) mass is 295 g/mol. The average molecular weight is 296 g/mol. The quantitative estimate of drug-likeness (QED) is 0.696. The Balaban J connectivity index is 2.68. The van der Waals surface area contributed by atoms with Gasteiger partial charge in [0.2, 0.25) is 0 Å². The summed E-state index contributed by atoms with van der Waals surface area (Å²) in [5.74, 6) is 0.842. The van der Waals surface area contributed by atoms with E-state index in [1.807, 2.05) is 32.0 Å². The molecule has 0 radical (unpaired) electrons. The fraction of sp³-hybridized carbons (Fsp3) is 0.308. The first-order valence-corrected chi connectivity index (χ1v) is 6.30. The molecule has 0 bridgehead atoms. The summed E-state index contributed by atoms with van der Waals surface area (Å²) in [4.78, 5) is 15.2. The Morgan fingerprint density at radius 2 is 2.18 bits per heavy atom. The maximum absolute atomic E-state index is 12.1. The molecule has 1 heterocycles. The first-order chi connectivity index (χ1) is 8.04. The summed E-state index contributed by atoms with van der Waals surface area (Å²) in [5, 5.41) is 0.915. The highest BCUT2D eigenvalue weighted by molar-refractivity contribution is 9.10. The Labute approximate surface area is 108 Å². The standard InChI is InChI=1S/C13H14BrNO2/c1-7(14)13(16)12-8(2)15-11-5-4-9(17-3)6-10(11)12/h4-7,15H,1-3H3/t7-/m1/s1.